The molecule has 4 aromatic rings. The number of sulfone groups is 1. The lowest BCUT2D eigenvalue weighted by Crippen LogP contribution is -2.50. The third kappa shape index (κ3) is 7.81. The molecule has 1 saturated heterocycles. The Labute approximate surface area is 258 Å². The summed E-state index contributed by atoms with van der Waals surface area (Å²) in [4.78, 5) is 16.6. The van der Waals surface area contributed by atoms with Gasteiger partial charge in [0.1, 0.15) is 35.2 Å². The van der Waals surface area contributed by atoms with E-state index in [-0.39, 0.29) is 16.7 Å². The van der Waals surface area contributed by atoms with Crippen LogP contribution in [0.15, 0.2) is 83.8 Å². The Morgan fingerprint density at radius 1 is 0.864 bits per heavy atom. The predicted molar refractivity (Wildman–Crippen MR) is 170 cm³/mol. The van der Waals surface area contributed by atoms with E-state index in [1.165, 1.54) is 6.26 Å². The zero-order valence-electron chi connectivity index (χ0n) is 25.4. The third-order valence-electron chi connectivity index (χ3n) is 7.29. The van der Waals surface area contributed by atoms with E-state index in [0.717, 1.165) is 41.5 Å². The summed E-state index contributed by atoms with van der Waals surface area (Å²) < 4.78 is 41.8. The van der Waals surface area contributed by atoms with E-state index in [0.29, 0.717) is 36.9 Å². The van der Waals surface area contributed by atoms with Crippen LogP contribution in [0.3, 0.4) is 0 Å². The summed E-state index contributed by atoms with van der Waals surface area (Å²) in [5.74, 6) is 2.06. The molecule has 1 aliphatic rings. The fourth-order valence-electron chi connectivity index (χ4n) is 5.00. The number of piperazine rings is 1. The molecule has 232 valence electrons. The van der Waals surface area contributed by atoms with Crippen molar-refractivity contribution in [2.24, 2.45) is 0 Å². The number of carbonyl (C=O) groups is 1. The zero-order valence-corrected chi connectivity index (χ0v) is 26.3. The first-order valence-corrected chi connectivity index (χ1v) is 16.4. The predicted octanol–water partition coefficient (Wildman–Crippen LogP) is 6.34. The van der Waals surface area contributed by atoms with E-state index in [1.54, 1.807) is 47.4 Å². The lowest BCUT2D eigenvalue weighted by molar-refractivity contribution is 0.0137. The van der Waals surface area contributed by atoms with E-state index in [2.05, 4.69) is 4.90 Å². The largest absolute Gasteiger partial charge is 0.508 e. The zero-order chi connectivity index (χ0) is 31.5. The summed E-state index contributed by atoms with van der Waals surface area (Å²) in [6.45, 7) is 9.63. The quantitative estimate of drug-likeness (QED) is 0.244. The van der Waals surface area contributed by atoms with Crippen molar-refractivity contribution in [1.29, 1.82) is 0 Å². The lowest BCUT2D eigenvalue weighted by atomic mass is 9.99. The number of ether oxygens (including phenoxy) is 3. The van der Waals surface area contributed by atoms with Crippen molar-refractivity contribution in [2.45, 2.75) is 31.3 Å². The van der Waals surface area contributed by atoms with Crippen LogP contribution in [-0.2, 0) is 14.6 Å². The van der Waals surface area contributed by atoms with E-state index >= 15 is 0 Å². The Balaban J connectivity index is 1.23. The van der Waals surface area contributed by atoms with Crippen molar-refractivity contribution in [2.75, 3.05) is 45.6 Å². The third-order valence-corrected chi connectivity index (χ3v) is 8.42. The SMILES string of the molecule is CC(C)(C)OC(=O)N1CCN(CCOc2ccc(Oc3c(-c4ccc(S(C)(=O)=O)cc4)ccc4cc(O)ccc34)cc2)CC1. The van der Waals surface area contributed by atoms with Gasteiger partial charge in [0, 0.05) is 49.9 Å². The van der Waals surface area contributed by atoms with Crippen molar-refractivity contribution < 1.29 is 32.5 Å². The molecule has 1 fully saturated rings. The number of nitrogens with zero attached hydrogens (tertiary/aromatic N) is 2. The van der Waals surface area contributed by atoms with Gasteiger partial charge < -0.3 is 24.2 Å². The smallest absolute Gasteiger partial charge is 0.410 e. The molecular formula is C34H38N2O7S. The first-order chi connectivity index (χ1) is 20.9. The number of aromatic hydroxyl groups is 1. The van der Waals surface area contributed by atoms with Crippen LogP contribution in [-0.4, -0.2) is 80.6 Å². The maximum Gasteiger partial charge on any atom is 0.410 e. The second-order valence-corrected chi connectivity index (χ2v) is 13.9. The van der Waals surface area contributed by atoms with Gasteiger partial charge in [-0.3, -0.25) is 4.90 Å². The molecule has 0 aliphatic carbocycles. The van der Waals surface area contributed by atoms with Gasteiger partial charge in [0.05, 0.1) is 4.90 Å². The highest BCUT2D eigenvalue weighted by atomic mass is 32.2. The standard InChI is InChI=1S/C34H38N2O7S/c1-34(2,3)43-33(38)36-19-17-35(18-20-36)21-22-41-27-9-11-28(12-10-27)42-32-30(15-7-25-23-26(37)8-16-31(25)32)24-5-13-29(14-6-24)44(4,39)40/h5-16,23,37H,17-22H2,1-4H3. The number of phenols is 1. The van der Waals surface area contributed by atoms with Gasteiger partial charge >= 0.3 is 6.09 Å². The molecule has 0 bridgehead atoms. The maximum absolute atomic E-state index is 12.3. The van der Waals surface area contributed by atoms with Gasteiger partial charge in [-0.05, 0) is 92.4 Å². The van der Waals surface area contributed by atoms with Gasteiger partial charge in [-0.2, -0.15) is 0 Å². The van der Waals surface area contributed by atoms with Gasteiger partial charge in [0.15, 0.2) is 9.84 Å². The van der Waals surface area contributed by atoms with Gasteiger partial charge in [-0.1, -0.05) is 18.2 Å². The average Bonchev–Trinajstić information content (AvgIpc) is 2.97. The second kappa shape index (κ2) is 12.8. The highest BCUT2D eigenvalue weighted by Crippen LogP contribution is 2.41. The molecule has 0 saturated carbocycles. The molecule has 0 atom stereocenters. The summed E-state index contributed by atoms with van der Waals surface area (Å²) in [6, 6.07) is 23.0. The van der Waals surface area contributed by atoms with Gasteiger partial charge in [0.2, 0.25) is 0 Å². The number of rotatable bonds is 8. The molecule has 4 aromatic carbocycles. The highest BCUT2D eigenvalue weighted by molar-refractivity contribution is 7.90. The Morgan fingerprint density at radius 3 is 2.16 bits per heavy atom. The van der Waals surface area contributed by atoms with Crippen LogP contribution < -0.4 is 9.47 Å². The summed E-state index contributed by atoms with van der Waals surface area (Å²) in [5, 5.41) is 11.6. The first kappa shape index (κ1) is 31.2. The highest BCUT2D eigenvalue weighted by Gasteiger charge is 2.25. The molecule has 1 amide bonds. The van der Waals surface area contributed by atoms with Gasteiger partial charge in [-0.25, -0.2) is 13.2 Å². The molecule has 9 nitrogen and oxygen atoms in total. The number of amides is 1. The lowest BCUT2D eigenvalue weighted by Gasteiger charge is -2.35. The molecule has 44 heavy (non-hydrogen) atoms. The van der Waals surface area contributed by atoms with Crippen molar-refractivity contribution in [1.82, 2.24) is 9.80 Å². The number of hydrogen-bond acceptors (Lipinski definition) is 8. The van der Waals surface area contributed by atoms with Crippen LogP contribution in [0.25, 0.3) is 21.9 Å². The van der Waals surface area contributed by atoms with Crippen LogP contribution in [0.5, 0.6) is 23.0 Å². The minimum atomic E-state index is -3.32. The normalized spacial score (nSPS) is 14.4. The number of hydrogen-bond donors (Lipinski definition) is 1. The number of carbonyl (C=O) groups excluding carboxylic acids is 1. The molecule has 5 rings (SSSR count). The van der Waals surface area contributed by atoms with E-state index in [1.807, 2.05) is 57.2 Å². The Kier molecular flexibility index (Phi) is 9.03. The Morgan fingerprint density at radius 2 is 1.52 bits per heavy atom. The average molecular weight is 619 g/mol. The fourth-order valence-corrected chi connectivity index (χ4v) is 5.63. The minimum absolute atomic E-state index is 0.153. The van der Waals surface area contributed by atoms with E-state index < -0.39 is 15.4 Å². The number of benzene rings is 4. The summed E-state index contributed by atoms with van der Waals surface area (Å²) in [5.41, 5.74) is 1.09. The minimum Gasteiger partial charge on any atom is -0.508 e. The maximum atomic E-state index is 12.3. The molecule has 0 radical (unpaired) electrons. The van der Waals surface area contributed by atoms with Crippen LogP contribution in [0.2, 0.25) is 0 Å². The van der Waals surface area contributed by atoms with Gasteiger partial charge in [0.25, 0.3) is 0 Å². The summed E-state index contributed by atoms with van der Waals surface area (Å²) in [7, 11) is -3.32. The molecule has 0 unspecified atom stereocenters. The first-order valence-electron chi connectivity index (χ1n) is 14.5. The van der Waals surface area contributed by atoms with Crippen molar-refractivity contribution in [3.63, 3.8) is 0 Å². The van der Waals surface area contributed by atoms with E-state index in [9.17, 15) is 18.3 Å². The fraction of sp³-hybridized carbons (Fsp3) is 0.324. The number of phenolic OH excluding ortho intramolecular Hbond substituents is 1. The Hall–Kier alpha value is -4.28. The van der Waals surface area contributed by atoms with Crippen LogP contribution in [0.1, 0.15) is 20.8 Å². The van der Waals surface area contributed by atoms with Crippen LogP contribution in [0.4, 0.5) is 4.79 Å². The summed E-state index contributed by atoms with van der Waals surface area (Å²) in [6.07, 6.45) is 0.913. The molecule has 0 aromatic heterocycles. The summed E-state index contributed by atoms with van der Waals surface area (Å²) >= 11 is 0. The van der Waals surface area contributed by atoms with Crippen LogP contribution in [0, 0.1) is 0 Å². The molecule has 0 spiro atoms. The molecule has 1 aliphatic heterocycles. The number of fused-ring (bicyclic) bond motifs is 1. The Bertz CT molecular complexity index is 1720. The monoisotopic (exact) mass is 618 g/mol. The van der Waals surface area contributed by atoms with E-state index in [4.69, 9.17) is 14.2 Å². The van der Waals surface area contributed by atoms with Crippen molar-refractivity contribution >= 4 is 26.7 Å². The van der Waals surface area contributed by atoms with Crippen LogP contribution >= 0.6 is 0 Å². The molecule has 1 heterocycles. The second-order valence-electron chi connectivity index (χ2n) is 11.9. The molecule has 10 heteroatoms. The molecule has 1 N–H and O–H groups in total. The molecular weight excluding hydrogens is 580 g/mol. The topological polar surface area (TPSA) is 106 Å². The van der Waals surface area contributed by atoms with Gasteiger partial charge in [-0.15, -0.1) is 0 Å². The van der Waals surface area contributed by atoms with Crippen molar-refractivity contribution in [3.8, 4) is 34.1 Å². The van der Waals surface area contributed by atoms with Crippen molar-refractivity contribution in [3.05, 3.63) is 78.9 Å².